The minimum absolute atomic E-state index is 0.0342. The summed E-state index contributed by atoms with van der Waals surface area (Å²) >= 11 is 0. The molecule has 0 aliphatic carbocycles. The third-order valence-corrected chi connectivity index (χ3v) is 5.01. The maximum absolute atomic E-state index is 13.9. The number of benzene rings is 2. The quantitative estimate of drug-likeness (QED) is 0.195. The van der Waals surface area contributed by atoms with Crippen LogP contribution in [0, 0.1) is 6.92 Å². The molecule has 2 aromatic carbocycles. The fourth-order valence-corrected chi connectivity index (χ4v) is 3.34. The van der Waals surface area contributed by atoms with E-state index >= 15 is 0 Å². The molecule has 0 aliphatic heterocycles. The van der Waals surface area contributed by atoms with Crippen LogP contribution in [0.3, 0.4) is 0 Å². The number of carbonyl (C=O) groups is 2. The molecule has 4 aromatic rings. The predicted molar refractivity (Wildman–Crippen MR) is 133 cm³/mol. The summed E-state index contributed by atoms with van der Waals surface area (Å²) in [5, 5.41) is 23.2. The number of nitrogens with one attached hydrogen (secondary N) is 4. The maximum atomic E-state index is 13.9. The monoisotopic (exact) mass is 543 g/mol. The molecule has 0 atom stereocenters. The number of hydrogen-bond donors (Lipinski definition) is 5. The Morgan fingerprint density at radius 1 is 1.03 bits per heavy atom. The van der Waals surface area contributed by atoms with Crippen LogP contribution in [0.2, 0.25) is 0 Å². The number of ether oxygens (including phenoxy) is 2. The van der Waals surface area contributed by atoms with Gasteiger partial charge in [0, 0.05) is 23.5 Å². The molecule has 0 aliphatic rings. The number of alkyl halides is 3. The second kappa shape index (κ2) is 11.0. The number of aromatic amines is 1. The second-order valence-corrected chi connectivity index (χ2v) is 7.87. The lowest BCUT2D eigenvalue weighted by atomic mass is 10.1. The summed E-state index contributed by atoms with van der Waals surface area (Å²) < 4.78 is 52.0. The molecule has 0 fully saturated rings. The number of carbonyl (C=O) groups excluding carboxylic acids is 1. The molecule has 4 rings (SSSR count). The van der Waals surface area contributed by atoms with Gasteiger partial charge in [0.25, 0.3) is 0 Å². The molecular weight excluding hydrogens is 523 g/mol. The summed E-state index contributed by atoms with van der Waals surface area (Å²) in [4.78, 5) is 31.8. The lowest BCUT2D eigenvalue weighted by molar-refractivity contribution is -0.138. The lowest BCUT2D eigenvalue weighted by Crippen LogP contribution is -2.21. The van der Waals surface area contributed by atoms with E-state index in [2.05, 4.69) is 36.1 Å². The van der Waals surface area contributed by atoms with Crippen molar-refractivity contribution >= 4 is 35.0 Å². The zero-order chi connectivity index (χ0) is 28.2. The summed E-state index contributed by atoms with van der Waals surface area (Å²) in [7, 11) is 1.44. The first-order chi connectivity index (χ1) is 18.5. The van der Waals surface area contributed by atoms with Crippen LogP contribution in [0.1, 0.15) is 21.6 Å². The zero-order valence-electron chi connectivity index (χ0n) is 20.3. The Morgan fingerprint density at radius 3 is 2.49 bits per heavy atom. The van der Waals surface area contributed by atoms with E-state index in [1.807, 2.05) is 0 Å². The van der Waals surface area contributed by atoms with Gasteiger partial charge in [0.15, 0.2) is 0 Å². The minimum Gasteiger partial charge on any atom is -0.480 e. The molecule has 0 saturated heterocycles. The Hall–Kier alpha value is -5.34. The van der Waals surface area contributed by atoms with Crippen molar-refractivity contribution in [3.05, 3.63) is 71.4 Å². The first-order valence-electron chi connectivity index (χ1n) is 11.0. The molecule has 0 unspecified atom stereocenters. The van der Waals surface area contributed by atoms with Crippen LogP contribution in [0.4, 0.5) is 41.0 Å². The number of H-pyrrole nitrogens is 1. The van der Waals surface area contributed by atoms with Crippen LogP contribution < -0.4 is 25.4 Å². The highest BCUT2D eigenvalue weighted by atomic mass is 19.4. The lowest BCUT2D eigenvalue weighted by Gasteiger charge is -2.16. The molecule has 0 saturated carbocycles. The van der Waals surface area contributed by atoms with Gasteiger partial charge in [-0.25, -0.2) is 14.6 Å². The van der Waals surface area contributed by atoms with E-state index in [1.165, 1.54) is 37.4 Å². The molecule has 0 bridgehead atoms. The first kappa shape index (κ1) is 26.7. The molecule has 0 spiro atoms. The summed E-state index contributed by atoms with van der Waals surface area (Å²) in [5.41, 5.74) is -1.25. The number of halogens is 3. The molecular formula is C24H20F3N7O5. The van der Waals surface area contributed by atoms with Crippen LogP contribution in [-0.2, 0) is 6.18 Å². The Labute approximate surface area is 218 Å². The van der Waals surface area contributed by atoms with Crippen LogP contribution in [0.15, 0.2) is 54.6 Å². The number of urea groups is 1. The Balaban J connectivity index is 1.54. The summed E-state index contributed by atoms with van der Waals surface area (Å²) in [5.74, 6) is -0.958. The van der Waals surface area contributed by atoms with Gasteiger partial charge in [-0.1, -0.05) is 12.1 Å². The number of para-hydroxylation sites is 1. The van der Waals surface area contributed by atoms with Gasteiger partial charge < -0.3 is 30.5 Å². The largest absolute Gasteiger partial charge is 0.480 e. The molecule has 15 heteroatoms. The van der Waals surface area contributed by atoms with Crippen molar-refractivity contribution in [2.75, 3.05) is 23.1 Å². The van der Waals surface area contributed by atoms with E-state index in [9.17, 15) is 27.9 Å². The van der Waals surface area contributed by atoms with Gasteiger partial charge in [-0.15, -0.1) is 5.10 Å². The third-order valence-electron chi connectivity index (χ3n) is 5.01. The molecule has 2 heterocycles. The van der Waals surface area contributed by atoms with Crippen molar-refractivity contribution in [1.29, 1.82) is 0 Å². The van der Waals surface area contributed by atoms with Crippen molar-refractivity contribution in [3.8, 4) is 17.6 Å². The smallest absolute Gasteiger partial charge is 0.420 e. The zero-order valence-corrected chi connectivity index (χ0v) is 20.3. The number of methoxy groups -OCH3 is 1. The van der Waals surface area contributed by atoms with Crippen LogP contribution in [-0.4, -0.2) is 44.4 Å². The van der Waals surface area contributed by atoms with Gasteiger partial charge in [-0.2, -0.15) is 18.2 Å². The van der Waals surface area contributed by atoms with Gasteiger partial charge in [-0.05, 0) is 37.3 Å². The van der Waals surface area contributed by atoms with Gasteiger partial charge in [0.1, 0.15) is 22.9 Å². The van der Waals surface area contributed by atoms with Crippen molar-refractivity contribution in [1.82, 2.24) is 20.2 Å². The Kier molecular flexibility index (Phi) is 7.51. The normalized spacial score (nSPS) is 11.0. The van der Waals surface area contributed by atoms with E-state index in [0.717, 1.165) is 6.07 Å². The predicted octanol–water partition coefficient (Wildman–Crippen LogP) is 5.41. The number of anilines is 4. The third kappa shape index (κ3) is 6.71. The molecule has 2 amide bonds. The van der Waals surface area contributed by atoms with Gasteiger partial charge in [-0.3, -0.25) is 5.10 Å². The van der Waals surface area contributed by atoms with Crippen molar-refractivity contribution < 1.29 is 37.3 Å². The molecule has 12 nitrogen and oxygen atoms in total. The van der Waals surface area contributed by atoms with Crippen molar-refractivity contribution in [2.45, 2.75) is 13.1 Å². The number of carboxylic acids is 1. The number of rotatable bonds is 8. The highest BCUT2D eigenvalue weighted by Gasteiger charge is 2.35. The van der Waals surface area contributed by atoms with E-state index in [0.29, 0.717) is 23.5 Å². The molecule has 2 aromatic heterocycles. The highest BCUT2D eigenvalue weighted by molar-refractivity contribution is 6.04. The fourth-order valence-electron chi connectivity index (χ4n) is 3.34. The molecule has 0 radical (unpaired) electrons. The van der Waals surface area contributed by atoms with Crippen LogP contribution in [0.5, 0.6) is 17.6 Å². The molecule has 39 heavy (non-hydrogen) atoms. The number of hydrogen-bond acceptors (Lipinski definition) is 8. The highest BCUT2D eigenvalue weighted by Crippen LogP contribution is 2.39. The molecule has 202 valence electrons. The summed E-state index contributed by atoms with van der Waals surface area (Å²) in [6.45, 7) is 1.60. The number of aromatic carboxylic acids is 1. The topological polar surface area (TPSA) is 163 Å². The Morgan fingerprint density at radius 2 is 1.79 bits per heavy atom. The van der Waals surface area contributed by atoms with Gasteiger partial charge >= 0.3 is 24.2 Å². The fraction of sp³-hybridized carbons (Fsp3) is 0.125. The average Bonchev–Trinajstić information content (AvgIpc) is 3.31. The standard InChI is InChI=1S/C24H20F3N7O5/c1-12-9-18(31-19-11-20(38-2)34-33-19)32-23(28-12)39-17-8-7-13(10-15(17)24(25,26)27)29-22(37)30-16-6-4-3-5-14(16)21(35)36/h3-11H,1-2H3,(H,35,36)(H2,29,30,37)(H2,28,31,32,33,34). The van der Waals surface area contributed by atoms with E-state index in [-0.39, 0.29) is 28.8 Å². The number of carboxylic acid groups (broad SMARTS) is 1. The number of amides is 2. The van der Waals surface area contributed by atoms with Gasteiger partial charge in [0.2, 0.25) is 5.88 Å². The maximum Gasteiger partial charge on any atom is 0.420 e. The van der Waals surface area contributed by atoms with E-state index in [4.69, 9.17) is 9.47 Å². The van der Waals surface area contributed by atoms with Crippen molar-refractivity contribution in [3.63, 3.8) is 0 Å². The van der Waals surface area contributed by atoms with Crippen LogP contribution in [0.25, 0.3) is 0 Å². The molecule has 5 N–H and O–H groups in total. The van der Waals surface area contributed by atoms with Crippen molar-refractivity contribution in [2.24, 2.45) is 0 Å². The van der Waals surface area contributed by atoms with E-state index < -0.39 is 29.5 Å². The second-order valence-electron chi connectivity index (χ2n) is 7.87. The minimum atomic E-state index is -4.86. The summed E-state index contributed by atoms with van der Waals surface area (Å²) in [6, 6.07) is 10.2. The number of aryl methyl sites for hydroxylation is 1. The average molecular weight is 543 g/mol. The Bertz CT molecular complexity index is 1520. The summed E-state index contributed by atoms with van der Waals surface area (Å²) in [6.07, 6.45) is -4.86. The van der Waals surface area contributed by atoms with Crippen LogP contribution >= 0.6 is 0 Å². The SMILES string of the molecule is COc1cc(Nc2cc(C)nc(Oc3ccc(NC(=O)Nc4ccccc4C(=O)O)cc3C(F)(F)F)n2)[nH]n1. The van der Waals surface area contributed by atoms with Gasteiger partial charge in [0.05, 0.1) is 18.4 Å². The number of nitrogens with zero attached hydrogens (tertiary/aromatic N) is 3. The number of aromatic nitrogens is 4. The van der Waals surface area contributed by atoms with E-state index in [1.54, 1.807) is 19.1 Å². The first-order valence-corrected chi connectivity index (χ1v) is 11.0.